The first-order valence-corrected chi connectivity index (χ1v) is 9.44. The van der Waals surface area contributed by atoms with Crippen molar-refractivity contribution in [3.05, 3.63) is 83.9 Å². The predicted molar refractivity (Wildman–Crippen MR) is 108 cm³/mol. The Bertz CT molecular complexity index is 940. The molecule has 6 nitrogen and oxygen atoms in total. The Labute approximate surface area is 164 Å². The Morgan fingerprint density at radius 2 is 1.86 bits per heavy atom. The number of hydrogen-bond donors (Lipinski definition) is 2. The Hall–Kier alpha value is -2.96. The highest BCUT2D eigenvalue weighted by Crippen LogP contribution is 2.28. The number of hydrogen-bond acceptors (Lipinski definition) is 4. The molecule has 0 aliphatic carbocycles. The molecule has 2 heterocycles. The Morgan fingerprint density at radius 1 is 1.18 bits per heavy atom. The van der Waals surface area contributed by atoms with Gasteiger partial charge in [-0.2, -0.15) is 0 Å². The van der Waals surface area contributed by atoms with E-state index < -0.39 is 6.04 Å². The first-order valence-electron chi connectivity index (χ1n) is 9.44. The van der Waals surface area contributed by atoms with Crippen LogP contribution in [-0.4, -0.2) is 40.3 Å². The van der Waals surface area contributed by atoms with Crippen LogP contribution >= 0.6 is 0 Å². The number of carbonyl (C=O) groups is 1. The topological polar surface area (TPSA) is 70.4 Å². The van der Waals surface area contributed by atoms with Crippen LogP contribution in [0.15, 0.2) is 67.0 Å². The van der Waals surface area contributed by atoms with Gasteiger partial charge >= 0.3 is 0 Å². The highest BCUT2D eigenvalue weighted by molar-refractivity contribution is 5.97. The molecule has 0 saturated heterocycles. The summed E-state index contributed by atoms with van der Waals surface area (Å²) in [5.74, 6) is -0.0874. The molecule has 4 rings (SSSR count). The molecule has 1 unspecified atom stereocenters. The minimum absolute atomic E-state index is 0.0329. The number of anilines is 1. The fourth-order valence-corrected chi connectivity index (χ4v) is 3.69. The lowest BCUT2D eigenvalue weighted by atomic mass is 9.98. The van der Waals surface area contributed by atoms with E-state index in [0.717, 1.165) is 17.1 Å². The molecule has 2 aromatic carbocycles. The fourth-order valence-electron chi connectivity index (χ4n) is 3.69. The van der Waals surface area contributed by atoms with Gasteiger partial charge in [0.1, 0.15) is 6.04 Å². The Morgan fingerprint density at radius 3 is 2.54 bits per heavy atom. The quantitative estimate of drug-likeness (QED) is 0.716. The molecule has 0 fully saturated rings. The van der Waals surface area contributed by atoms with Crippen molar-refractivity contribution >= 4 is 11.6 Å². The summed E-state index contributed by atoms with van der Waals surface area (Å²) in [7, 11) is 1.77. The summed E-state index contributed by atoms with van der Waals surface area (Å²) < 4.78 is 2.08. The second-order valence-corrected chi connectivity index (χ2v) is 7.11. The third kappa shape index (κ3) is 3.56. The zero-order valence-corrected chi connectivity index (χ0v) is 15.8. The number of nitrogens with one attached hydrogen (secondary N) is 1. The highest BCUT2D eigenvalue weighted by Gasteiger charge is 2.36. The van der Waals surface area contributed by atoms with Gasteiger partial charge in [0.15, 0.2) is 0 Å². The lowest BCUT2D eigenvalue weighted by molar-refractivity contribution is -0.121. The molecule has 1 aromatic heterocycles. The molecular formula is C22H24N4O2. The molecule has 28 heavy (non-hydrogen) atoms. The lowest BCUT2D eigenvalue weighted by Gasteiger charge is -2.32. The molecule has 0 radical (unpaired) electrons. The molecule has 2 atom stereocenters. The van der Waals surface area contributed by atoms with Gasteiger partial charge in [-0.05, 0) is 17.7 Å². The number of nitrogens with zero attached hydrogens (tertiary/aromatic N) is 3. The van der Waals surface area contributed by atoms with Crippen LogP contribution in [0.3, 0.4) is 0 Å². The number of aromatic nitrogens is 2. The van der Waals surface area contributed by atoms with Gasteiger partial charge in [0.2, 0.25) is 5.91 Å². The second kappa shape index (κ2) is 7.96. The van der Waals surface area contributed by atoms with Gasteiger partial charge in [-0.25, -0.2) is 4.98 Å². The van der Waals surface area contributed by atoms with Gasteiger partial charge in [0.05, 0.1) is 18.6 Å². The van der Waals surface area contributed by atoms with Gasteiger partial charge in [0, 0.05) is 37.4 Å². The normalized spacial score (nSPS) is 18.5. The van der Waals surface area contributed by atoms with Crippen LogP contribution in [-0.2, 0) is 17.8 Å². The van der Waals surface area contributed by atoms with Crippen molar-refractivity contribution in [1.29, 1.82) is 0 Å². The third-order valence-corrected chi connectivity index (χ3v) is 5.23. The van der Waals surface area contributed by atoms with E-state index >= 15 is 0 Å². The molecule has 0 saturated carbocycles. The number of rotatable bonds is 5. The van der Waals surface area contributed by atoms with Crippen LogP contribution in [0.25, 0.3) is 0 Å². The maximum atomic E-state index is 13.2. The number of aliphatic hydroxyl groups excluding tert-OH is 1. The number of likely N-dealkylation sites (N-methyl/N-ethyl adjacent to an activating group) is 1. The zero-order chi connectivity index (χ0) is 19.5. The summed E-state index contributed by atoms with van der Waals surface area (Å²) in [4.78, 5) is 19.4. The van der Waals surface area contributed by atoms with Gasteiger partial charge in [-0.15, -0.1) is 0 Å². The van der Waals surface area contributed by atoms with Crippen LogP contribution in [0.2, 0.25) is 0 Å². The molecule has 0 spiro atoms. The maximum absolute atomic E-state index is 13.2. The molecule has 2 N–H and O–H groups in total. The van der Waals surface area contributed by atoms with Gasteiger partial charge < -0.3 is 14.6 Å². The predicted octanol–water partition coefficient (Wildman–Crippen LogP) is 2.14. The number of aliphatic hydroxyl groups is 1. The lowest BCUT2D eigenvalue weighted by Crippen LogP contribution is -2.49. The van der Waals surface area contributed by atoms with Crippen LogP contribution in [0, 0.1) is 0 Å². The van der Waals surface area contributed by atoms with E-state index in [1.165, 1.54) is 5.56 Å². The first-order chi connectivity index (χ1) is 13.7. The minimum Gasteiger partial charge on any atom is -0.395 e. The molecule has 0 bridgehead atoms. The van der Waals surface area contributed by atoms with Crippen molar-refractivity contribution in [2.24, 2.45) is 0 Å². The summed E-state index contributed by atoms with van der Waals surface area (Å²) in [6.45, 7) is 0.658. The second-order valence-electron chi connectivity index (χ2n) is 7.11. The molecular weight excluding hydrogens is 352 g/mol. The van der Waals surface area contributed by atoms with E-state index in [1.807, 2.05) is 48.5 Å². The van der Waals surface area contributed by atoms with Crippen molar-refractivity contribution in [2.45, 2.75) is 25.0 Å². The maximum Gasteiger partial charge on any atom is 0.250 e. The summed E-state index contributed by atoms with van der Waals surface area (Å²) in [6.07, 6.45) is 2.43. The Kier molecular flexibility index (Phi) is 5.23. The number of imidazole rings is 1. The summed E-state index contributed by atoms with van der Waals surface area (Å²) >= 11 is 0. The van der Waals surface area contributed by atoms with Crippen LogP contribution < -0.4 is 10.2 Å². The van der Waals surface area contributed by atoms with Crippen molar-refractivity contribution in [3.63, 3.8) is 0 Å². The van der Waals surface area contributed by atoms with Crippen LogP contribution in [0.1, 0.15) is 23.0 Å². The first kappa shape index (κ1) is 18.4. The van der Waals surface area contributed by atoms with E-state index in [2.05, 4.69) is 27.0 Å². The molecule has 6 heteroatoms. The molecule has 144 valence electrons. The number of benzene rings is 2. The minimum atomic E-state index is -0.580. The SMILES string of the molecule is CN(C(=O)[C@H]1NC(CO)Cc2c1ncn2Cc1ccccc1)c1ccccc1. The largest absolute Gasteiger partial charge is 0.395 e. The molecule has 1 amide bonds. The number of para-hydroxylation sites is 1. The van der Waals surface area contributed by atoms with Crippen molar-refractivity contribution < 1.29 is 9.90 Å². The van der Waals surface area contributed by atoms with E-state index in [1.54, 1.807) is 18.3 Å². The van der Waals surface area contributed by atoms with Crippen molar-refractivity contribution in [1.82, 2.24) is 14.9 Å². The summed E-state index contributed by atoms with van der Waals surface area (Å²) in [5.41, 5.74) is 3.74. The van der Waals surface area contributed by atoms with Crippen molar-refractivity contribution in [3.8, 4) is 0 Å². The third-order valence-electron chi connectivity index (χ3n) is 5.23. The Balaban J connectivity index is 1.64. The fraction of sp³-hybridized carbons (Fsp3) is 0.273. The van der Waals surface area contributed by atoms with Gasteiger partial charge in [-0.1, -0.05) is 48.5 Å². The van der Waals surface area contributed by atoms with Gasteiger partial charge in [0.25, 0.3) is 0 Å². The van der Waals surface area contributed by atoms with E-state index in [9.17, 15) is 9.90 Å². The number of carbonyl (C=O) groups excluding carboxylic acids is 1. The monoisotopic (exact) mass is 376 g/mol. The van der Waals surface area contributed by atoms with Crippen LogP contribution in [0.5, 0.6) is 0 Å². The smallest absolute Gasteiger partial charge is 0.250 e. The van der Waals surface area contributed by atoms with E-state index in [-0.39, 0.29) is 18.6 Å². The molecule has 1 aliphatic rings. The van der Waals surface area contributed by atoms with Crippen molar-refractivity contribution in [2.75, 3.05) is 18.6 Å². The standard InChI is InChI=1S/C22H24N4O2/c1-25(18-10-6-3-7-11-18)22(28)21-20-19(12-17(14-27)24-21)26(15-23-20)13-16-8-4-2-5-9-16/h2-11,15,17,21,24,27H,12-14H2,1H3/t17?,21-/m0/s1. The number of amides is 1. The average Bonchev–Trinajstić information content (AvgIpc) is 3.16. The van der Waals surface area contributed by atoms with E-state index in [0.29, 0.717) is 13.0 Å². The molecule has 1 aliphatic heterocycles. The highest BCUT2D eigenvalue weighted by atomic mass is 16.3. The summed E-state index contributed by atoms with van der Waals surface area (Å²) in [5, 5.41) is 13.0. The zero-order valence-electron chi connectivity index (χ0n) is 15.8. The van der Waals surface area contributed by atoms with E-state index in [4.69, 9.17) is 0 Å². The van der Waals surface area contributed by atoms with Crippen LogP contribution in [0.4, 0.5) is 5.69 Å². The average molecular weight is 376 g/mol. The summed E-state index contributed by atoms with van der Waals surface area (Å²) in [6, 6.07) is 18.9. The number of fused-ring (bicyclic) bond motifs is 1. The molecule has 3 aromatic rings. The van der Waals surface area contributed by atoms with Gasteiger partial charge in [-0.3, -0.25) is 10.1 Å².